The van der Waals surface area contributed by atoms with E-state index in [1.165, 1.54) is 23.9 Å². The lowest BCUT2D eigenvalue weighted by Gasteiger charge is -2.41. The minimum Gasteiger partial charge on any atom is -0.452 e. The fourth-order valence-electron chi connectivity index (χ4n) is 4.76. The van der Waals surface area contributed by atoms with Gasteiger partial charge in [-0.05, 0) is 54.8 Å². The number of pyridine rings is 2. The highest BCUT2D eigenvalue weighted by Crippen LogP contribution is 2.58. The van der Waals surface area contributed by atoms with E-state index in [9.17, 15) is 9.18 Å². The van der Waals surface area contributed by atoms with Crippen molar-refractivity contribution in [3.63, 3.8) is 0 Å². The van der Waals surface area contributed by atoms with Crippen molar-refractivity contribution in [3.05, 3.63) is 83.0 Å². The number of benzene rings is 1. The van der Waals surface area contributed by atoms with Crippen LogP contribution in [0.15, 0.2) is 53.7 Å². The van der Waals surface area contributed by atoms with Crippen LogP contribution in [0.3, 0.4) is 0 Å². The summed E-state index contributed by atoms with van der Waals surface area (Å²) >= 11 is 1.33. The van der Waals surface area contributed by atoms with Crippen molar-refractivity contribution >= 4 is 34.1 Å². The van der Waals surface area contributed by atoms with E-state index in [4.69, 9.17) is 15.2 Å². The summed E-state index contributed by atoms with van der Waals surface area (Å²) in [7, 11) is 0. The fourth-order valence-corrected chi connectivity index (χ4v) is 6.00. The van der Waals surface area contributed by atoms with Gasteiger partial charge in [0.05, 0.1) is 29.9 Å². The van der Waals surface area contributed by atoms with Gasteiger partial charge in [-0.15, -0.1) is 0 Å². The van der Waals surface area contributed by atoms with Gasteiger partial charge in [-0.25, -0.2) is 14.4 Å². The number of rotatable bonds is 3. The predicted octanol–water partition coefficient (Wildman–Crippen LogP) is 4.61. The summed E-state index contributed by atoms with van der Waals surface area (Å²) in [6.45, 7) is 1.42. The maximum absolute atomic E-state index is 15.4. The molecule has 0 bridgehead atoms. The Bertz CT molecular complexity index is 1480. The minimum absolute atomic E-state index is 0.0541. The summed E-state index contributed by atoms with van der Waals surface area (Å²) in [5.41, 5.74) is 9.53. The highest BCUT2D eigenvalue weighted by atomic mass is 32.2. The molecule has 1 spiro atoms. The number of hydrogen-bond donors (Lipinski definition) is 2. The van der Waals surface area contributed by atoms with Crippen LogP contribution < -0.4 is 15.8 Å². The molecule has 0 fully saturated rings. The molecule has 6 rings (SSSR count). The molecule has 3 aromatic rings. The van der Waals surface area contributed by atoms with Crippen LogP contribution in [0.25, 0.3) is 5.57 Å². The minimum atomic E-state index is -0.812. The molecule has 0 radical (unpaired) electrons. The van der Waals surface area contributed by atoms with Crippen molar-refractivity contribution in [1.29, 1.82) is 0 Å². The van der Waals surface area contributed by atoms with Gasteiger partial charge < -0.3 is 20.5 Å². The molecule has 3 aliphatic rings. The number of nitrogens with one attached hydrogen (secondary N) is 1. The topological polar surface area (TPSA) is 112 Å². The predicted molar refractivity (Wildman–Crippen MR) is 136 cm³/mol. The number of halogens is 2. The van der Waals surface area contributed by atoms with E-state index >= 15 is 4.39 Å². The molecular weight excluding hydrogens is 500 g/mol. The molecule has 11 heteroatoms. The van der Waals surface area contributed by atoms with Gasteiger partial charge in [0.1, 0.15) is 17.3 Å². The van der Waals surface area contributed by atoms with Crippen molar-refractivity contribution < 1.29 is 23.0 Å². The molecule has 188 valence electrons. The summed E-state index contributed by atoms with van der Waals surface area (Å²) in [4.78, 5) is 25.1. The number of ether oxygens (including phenoxy) is 2. The van der Waals surface area contributed by atoms with E-state index in [1.54, 1.807) is 18.2 Å². The van der Waals surface area contributed by atoms with Crippen LogP contribution >= 0.6 is 11.8 Å². The lowest BCUT2D eigenvalue weighted by molar-refractivity contribution is 0.102. The molecule has 37 heavy (non-hydrogen) atoms. The molecule has 5 heterocycles. The van der Waals surface area contributed by atoms with E-state index in [2.05, 4.69) is 20.3 Å². The first kappa shape index (κ1) is 23.6. The number of carbonyl (C=O) groups excluding carboxylic acids is 1. The summed E-state index contributed by atoms with van der Waals surface area (Å²) in [6.07, 6.45) is 4.04. The number of thioether (sulfide) groups is 1. The van der Waals surface area contributed by atoms with Crippen molar-refractivity contribution in [2.45, 2.75) is 17.6 Å². The Morgan fingerprint density at radius 1 is 1.16 bits per heavy atom. The summed E-state index contributed by atoms with van der Waals surface area (Å²) < 4.78 is 39.3. The van der Waals surface area contributed by atoms with Crippen LogP contribution in [0.1, 0.15) is 40.2 Å². The Morgan fingerprint density at radius 3 is 2.81 bits per heavy atom. The standard InChI is InChI=1S/C26H21F2N5O3S/c27-15-1-3-19(31-13-15)24(34)32-16-2-4-21-17(11-16)26(7-8-30-25(29)37-26)18-12-20(14-5-9-35-10-6-14)33-23(28)22(18)36-21/h1-5,11-13H,6-10H2,(H2,29,30)(H,32,34)/t26-/m0/s1. The van der Waals surface area contributed by atoms with Crippen molar-refractivity contribution in [2.24, 2.45) is 10.7 Å². The number of aliphatic imine (C=N–C) groups is 1. The average molecular weight is 522 g/mol. The molecular formula is C26H21F2N5O3S. The van der Waals surface area contributed by atoms with Gasteiger partial charge in [0.2, 0.25) is 0 Å². The molecule has 0 aliphatic carbocycles. The smallest absolute Gasteiger partial charge is 0.274 e. The number of carbonyl (C=O) groups is 1. The Kier molecular flexibility index (Phi) is 5.88. The number of nitrogens with zero attached hydrogens (tertiary/aromatic N) is 3. The second kappa shape index (κ2) is 9.24. The second-order valence-corrected chi connectivity index (χ2v) is 10.1. The zero-order valence-corrected chi connectivity index (χ0v) is 20.3. The van der Waals surface area contributed by atoms with Gasteiger partial charge in [0, 0.05) is 23.4 Å². The lowest BCUT2D eigenvalue weighted by atomic mass is 9.83. The van der Waals surface area contributed by atoms with E-state index in [0.717, 1.165) is 17.3 Å². The van der Waals surface area contributed by atoms with Crippen LogP contribution in [0.2, 0.25) is 0 Å². The molecule has 0 saturated heterocycles. The third kappa shape index (κ3) is 4.23. The van der Waals surface area contributed by atoms with E-state index in [1.807, 2.05) is 12.1 Å². The SMILES string of the molecule is NC1=NCC[C@]2(S1)c1cc(NC(=O)c3ccc(F)cn3)ccc1Oc1c2cc(C2=CCOCC2)nc1F. The highest BCUT2D eigenvalue weighted by Gasteiger charge is 2.47. The Morgan fingerprint density at radius 2 is 2.05 bits per heavy atom. The number of fused-ring (bicyclic) bond motifs is 4. The number of amidine groups is 1. The van der Waals surface area contributed by atoms with Gasteiger partial charge in [0.25, 0.3) is 11.9 Å². The first-order valence-corrected chi connectivity index (χ1v) is 12.5. The third-order valence-electron chi connectivity index (χ3n) is 6.51. The molecule has 1 aromatic carbocycles. The van der Waals surface area contributed by atoms with Gasteiger partial charge >= 0.3 is 0 Å². The lowest BCUT2D eigenvalue weighted by Crippen LogP contribution is -2.35. The third-order valence-corrected chi connectivity index (χ3v) is 7.84. The number of anilines is 1. The summed E-state index contributed by atoms with van der Waals surface area (Å²) in [5.74, 6) is -1.24. The molecule has 2 aromatic heterocycles. The Balaban J connectivity index is 1.44. The van der Waals surface area contributed by atoms with Gasteiger partial charge in [-0.3, -0.25) is 9.79 Å². The van der Waals surface area contributed by atoms with E-state index in [0.29, 0.717) is 60.5 Å². The van der Waals surface area contributed by atoms with Gasteiger partial charge in [-0.2, -0.15) is 4.39 Å². The van der Waals surface area contributed by atoms with Crippen LogP contribution in [0, 0.1) is 11.8 Å². The maximum atomic E-state index is 15.4. The Labute approximate surface area is 215 Å². The summed E-state index contributed by atoms with van der Waals surface area (Å²) in [5, 5.41) is 3.17. The molecule has 8 nitrogen and oxygen atoms in total. The van der Waals surface area contributed by atoms with Crippen molar-refractivity contribution in [3.8, 4) is 11.5 Å². The van der Waals surface area contributed by atoms with Crippen LogP contribution in [-0.2, 0) is 9.48 Å². The van der Waals surface area contributed by atoms with Crippen LogP contribution in [0.5, 0.6) is 11.5 Å². The highest BCUT2D eigenvalue weighted by molar-refractivity contribution is 8.14. The quantitative estimate of drug-likeness (QED) is 0.484. The normalized spacial score (nSPS) is 20.3. The van der Waals surface area contributed by atoms with Crippen molar-refractivity contribution in [1.82, 2.24) is 9.97 Å². The van der Waals surface area contributed by atoms with E-state index < -0.39 is 22.4 Å². The molecule has 3 N–H and O–H groups in total. The Hall–Kier alpha value is -3.83. The first-order valence-electron chi connectivity index (χ1n) is 11.7. The molecule has 0 saturated carbocycles. The van der Waals surface area contributed by atoms with Crippen molar-refractivity contribution in [2.75, 3.05) is 25.1 Å². The zero-order chi connectivity index (χ0) is 25.6. The number of nitrogens with two attached hydrogens (primary N) is 1. The molecule has 0 unspecified atom stereocenters. The maximum Gasteiger partial charge on any atom is 0.274 e. The second-order valence-electron chi connectivity index (χ2n) is 8.76. The van der Waals surface area contributed by atoms with Gasteiger partial charge in [0.15, 0.2) is 10.9 Å². The molecule has 1 atom stereocenters. The number of aromatic nitrogens is 2. The largest absolute Gasteiger partial charge is 0.452 e. The summed E-state index contributed by atoms with van der Waals surface area (Å²) in [6, 6.07) is 9.44. The van der Waals surface area contributed by atoms with E-state index in [-0.39, 0.29) is 11.4 Å². The first-order chi connectivity index (χ1) is 17.9. The average Bonchev–Trinajstić information content (AvgIpc) is 2.90. The fraction of sp³-hybridized carbons (Fsp3) is 0.231. The zero-order valence-electron chi connectivity index (χ0n) is 19.5. The van der Waals surface area contributed by atoms with Crippen LogP contribution in [-0.4, -0.2) is 40.8 Å². The number of hydrogen-bond acceptors (Lipinski definition) is 8. The number of amides is 1. The van der Waals surface area contributed by atoms with Crippen LogP contribution in [0.4, 0.5) is 14.5 Å². The monoisotopic (exact) mass is 521 g/mol. The molecule has 3 aliphatic heterocycles. The van der Waals surface area contributed by atoms with Gasteiger partial charge in [-0.1, -0.05) is 17.8 Å². The molecule has 1 amide bonds.